The van der Waals surface area contributed by atoms with E-state index in [1.165, 1.54) is 0 Å². The van der Waals surface area contributed by atoms with Crippen molar-refractivity contribution >= 4 is 10.0 Å². The number of benzene rings is 1. The van der Waals surface area contributed by atoms with Crippen LogP contribution in [0.3, 0.4) is 0 Å². The number of hydrogen-bond acceptors (Lipinski definition) is 3. The Morgan fingerprint density at radius 1 is 1.24 bits per heavy atom. The molecule has 1 aliphatic carbocycles. The molecule has 1 fully saturated rings. The van der Waals surface area contributed by atoms with Crippen LogP contribution in [-0.4, -0.2) is 20.0 Å². The van der Waals surface area contributed by atoms with E-state index in [0.29, 0.717) is 17.5 Å². The molecule has 0 amide bonds. The van der Waals surface area contributed by atoms with Gasteiger partial charge in [-0.3, -0.25) is 0 Å². The third-order valence-electron chi connectivity index (χ3n) is 4.30. The topological polar surface area (TPSA) is 58.2 Å². The van der Waals surface area contributed by atoms with E-state index in [0.717, 1.165) is 31.2 Å². The second-order valence-corrected chi connectivity index (χ2v) is 7.89. The van der Waals surface area contributed by atoms with Crippen LogP contribution in [0.15, 0.2) is 29.2 Å². The lowest BCUT2D eigenvalue weighted by Crippen LogP contribution is -2.52. The van der Waals surface area contributed by atoms with Gasteiger partial charge in [0.1, 0.15) is 0 Å². The van der Waals surface area contributed by atoms with Gasteiger partial charge in [0.2, 0.25) is 10.0 Å². The monoisotopic (exact) mass is 310 g/mol. The summed E-state index contributed by atoms with van der Waals surface area (Å²) in [6, 6.07) is 7.56. The van der Waals surface area contributed by atoms with Crippen LogP contribution in [-0.2, 0) is 16.6 Å². The van der Waals surface area contributed by atoms with Crippen molar-refractivity contribution in [1.82, 2.24) is 10.0 Å². The number of sulfonamides is 1. The van der Waals surface area contributed by atoms with Crippen LogP contribution in [0.1, 0.15) is 52.0 Å². The molecule has 0 spiro atoms. The highest BCUT2D eigenvalue weighted by atomic mass is 32.2. The summed E-state index contributed by atoms with van der Waals surface area (Å²) < 4.78 is 28.4. The zero-order valence-electron chi connectivity index (χ0n) is 13.1. The van der Waals surface area contributed by atoms with Crippen LogP contribution in [0, 0.1) is 0 Å². The molecule has 118 valence electrons. The van der Waals surface area contributed by atoms with Crippen molar-refractivity contribution in [3.63, 3.8) is 0 Å². The van der Waals surface area contributed by atoms with E-state index in [1.807, 2.05) is 19.1 Å². The Bertz CT molecular complexity index is 572. The first kappa shape index (κ1) is 16.5. The van der Waals surface area contributed by atoms with Crippen LogP contribution in [0.5, 0.6) is 0 Å². The predicted octanol–water partition coefficient (Wildman–Crippen LogP) is 2.80. The smallest absolute Gasteiger partial charge is 0.241 e. The quantitative estimate of drug-likeness (QED) is 0.814. The van der Waals surface area contributed by atoms with Gasteiger partial charge in [0.25, 0.3) is 0 Å². The van der Waals surface area contributed by atoms with Crippen molar-refractivity contribution in [1.29, 1.82) is 0 Å². The number of rotatable bonds is 7. The summed E-state index contributed by atoms with van der Waals surface area (Å²) in [5.74, 6) is 0. The lowest BCUT2D eigenvalue weighted by molar-refractivity contribution is 0.214. The van der Waals surface area contributed by atoms with E-state index in [1.54, 1.807) is 12.1 Å². The molecule has 2 rings (SSSR count). The third kappa shape index (κ3) is 3.84. The Balaban J connectivity index is 2.23. The van der Waals surface area contributed by atoms with E-state index < -0.39 is 10.0 Å². The Hall–Kier alpha value is -0.910. The van der Waals surface area contributed by atoms with Crippen molar-refractivity contribution in [2.75, 3.05) is 0 Å². The summed E-state index contributed by atoms with van der Waals surface area (Å²) in [6.07, 6.45) is 3.83. The normalized spacial score (nSPS) is 17.7. The molecule has 4 nitrogen and oxygen atoms in total. The number of hydrogen-bond donors (Lipinski definition) is 2. The molecule has 0 radical (unpaired) electrons. The van der Waals surface area contributed by atoms with Crippen LogP contribution in [0.4, 0.5) is 0 Å². The minimum Gasteiger partial charge on any atom is -0.310 e. The SMILES string of the molecule is CCC1(NS(=O)(=O)c2ccccc2CNC(C)C)CCC1. The molecular weight excluding hydrogens is 284 g/mol. The third-order valence-corrected chi connectivity index (χ3v) is 5.98. The summed E-state index contributed by atoms with van der Waals surface area (Å²) in [4.78, 5) is 0.401. The largest absolute Gasteiger partial charge is 0.310 e. The molecule has 1 aromatic rings. The van der Waals surface area contributed by atoms with Gasteiger partial charge in [-0.2, -0.15) is 0 Å². The van der Waals surface area contributed by atoms with Crippen LogP contribution < -0.4 is 10.0 Å². The first-order chi connectivity index (χ1) is 9.88. The lowest BCUT2D eigenvalue weighted by Gasteiger charge is -2.41. The molecule has 0 aliphatic heterocycles. The van der Waals surface area contributed by atoms with Gasteiger partial charge in [0, 0.05) is 18.1 Å². The van der Waals surface area contributed by atoms with Gasteiger partial charge in [0.15, 0.2) is 0 Å². The molecule has 1 aromatic carbocycles. The standard InChI is InChI=1S/C16H26N2O2S/c1-4-16(10-7-11-16)18-21(19,20)15-9-6-5-8-14(15)12-17-13(2)3/h5-6,8-9,13,17-18H,4,7,10-12H2,1-3H3. The Kier molecular flexibility index (Phi) is 5.07. The van der Waals surface area contributed by atoms with E-state index in [9.17, 15) is 8.42 Å². The van der Waals surface area contributed by atoms with E-state index in [4.69, 9.17) is 0 Å². The van der Waals surface area contributed by atoms with Gasteiger partial charge in [-0.15, -0.1) is 0 Å². The average Bonchev–Trinajstić information content (AvgIpc) is 2.41. The summed E-state index contributed by atoms with van der Waals surface area (Å²) >= 11 is 0. The average molecular weight is 310 g/mol. The molecule has 0 saturated heterocycles. The van der Waals surface area contributed by atoms with Gasteiger partial charge >= 0.3 is 0 Å². The van der Waals surface area contributed by atoms with Crippen molar-refractivity contribution in [3.8, 4) is 0 Å². The van der Waals surface area contributed by atoms with E-state index in [2.05, 4.69) is 23.9 Å². The lowest BCUT2D eigenvalue weighted by atomic mass is 9.76. The molecule has 5 heteroatoms. The Labute approximate surface area is 128 Å². The second-order valence-electron chi connectivity index (χ2n) is 6.24. The molecular formula is C16H26N2O2S. The molecule has 1 saturated carbocycles. The van der Waals surface area contributed by atoms with Crippen molar-refractivity contribution < 1.29 is 8.42 Å². The Morgan fingerprint density at radius 3 is 2.43 bits per heavy atom. The van der Waals surface area contributed by atoms with Gasteiger partial charge in [0.05, 0.1) is 4.90 Å². The summed E-state index contributed by atoms with van der Waals surface area (Å²) in [5, 5.41) is 3.29. The first-order valence-corrected chi connectivity index (χ1v) is 9.22. The van der Waals surface area contributed by atoms with Crippen molar-refractivity contribution in [2.45, 2.75) is 69.5 Å². The fourth-order valence-corrected chi connectivity index (χ4v) is 4.47. The minimum atomic E-state index is -3.46. The highest BCUT2D eigenvalue weighted by molar-refractivity contribution is 7.89. The molecule has 21 heavy (non-hydrogen) atoms. The molecule has 0 atom stereocenters. The maximum Gasteiger partial charge on any atom is 0.241 e. The Morgan fingerprint density at radius 2 is 1.90 bits per heavy atom. The molecule has 0 heterocycles. The summed E-state index contributed by atoms with van der Waals surface area (Å²) in [7, 11) is -3.46. The minimum absolute atomic E-state index is 0.225. The van der Waals surface area contributed by atoms with Gasteiger partial charge in [-0.1, -0.05) is 39.0 Å². The fourth-order valence-electron chi connectivity index (χ4n) is 2.70. The number of nitrogens with one attached hydrogen (secondary N) is 2. The molecule has 2 N–H and O–H groups in total. The highest BCUT2D eigenvalue weighted by Gasteiger charge is 2.39. The highest BCUT2D eigenvalue weighted by Crippen LogP contribution is 2.36. The molecule has 0 aromatic heterocycles. The first-order valence-electron chi connectivity index (χ1n) is 7.74. The second kappa shape index (κ2) is 6.46. The van der Waals surface area contributed by atoms with Crippen molar-refractivity contribution in [3.05, 3.63) is 29.8 Å². The fraction of sp³-hybridized carbons (Fsp3) is 0.625. The van der Waals surface area contributed by atoms with Crippen molar-refractivity contribution in [2.24, 2.45) is 0 Å². The molecule has 0 unspecified atom stereocenters. The van der Waals surface area contributed by atoms with Crippen LogP contribution in [0.2, 0.25) is 0 Å². The van der Waals surface area contributed by atoms with Gasteiger partial charge < -0.3 is 5.32 Å². The predicted molar refractivity (Wildman–Crippen MR) is 85.6 cm³/mol. The molecule has 1 aliphatic rings. The van der Waals surface area contributed by atoms with Gasteiger partial charge in [-0.05, 0) is 37.3 Å². The van der Waals surface area contributed by atoms with E-state index in [-0.39, 0.29) is 5.54 Å². The summed E-state index contributed by atoms with van der Waals surface area (Å²) in [5.41, 5.74) is 0.599. The zero-order valence-corrected chi connectivity index (χ0v) is 14.0. The van der Waals surface area contributed by atoms with Crippen LogP contribution in [0.25, 0.3) is 0 Å². The molecule has 0 bridgehead atoms. The van der Waals surface area contributed by atoms with E-state index >= 15 is 0 Å². The maximum atomic E-state index is 12.7. The summed E-state index contributed by atoms with van der Waals surface area (Å²) in [6.45, 7) is 6.72. The maximum absolute atomic E-state index is 12.7. The zero-order chi connectivity index (χ0) is 15.5. The van der Waals surface area contributed by atoms with Crippen LogP contribution >= 0.6 is 0 Å². The van der Waals surface area contributed by atoms with Gasteiger partial charge in [-0.25, -0.2) is 13.1 Å².